The second kappa shape index (κ2) is 8.92. The first kappa shape index (κ1) is 21.9. The fourth-order valence-electron chi connectivity index (χ4n) is 3.45. The summed E-state index contributed by atoms with van der Waals surface area (Å²) in [6.45, 7) is 7.17. The molecule has 0 aromatic heterocycles. The maximum Gasteiger partial charge on any atom is 0.261 e. The first-order chi connectivity index (χ1) is 14.2. The Morgan fingerprint density at radius 3 is 2.23 bits per heavy atom. The molecule has 6 nitrogen and oxygen atoms in total. The zero-order valence-corrected chi connectivity index (χ0v) is 18.4. The topological polar surface area (TPSA) is 78.5 Å². The molecule has 2 aromatic carbocycles. The van der Waals surface area contributed by atoms with Gasteiger partial charge in [-0.15, -0.1) is 0 Å². The Morgan fingerprint density at radius 2 is 1.57 bits per heavy atom. The van der Waals surface area contributed by atoms with E-state index in [4.69, 9.17) is 0 Å². The number of benzene rings is 2. The van der Waals surface area contributed by atoms with Gasteiger partial charge in [-0.05, 0) is 37.0 Å². The van der Waals surface area contributed by atoms with Crippen molar-refractivity contribution in [1.29, 1.82) is 0 Å². The van der Waals surface area contributed by atoms with Crippen LogP contribution in [-0.2, 0) is 14.4 Å². The molecule has 2 N–H and O–H groups in total. The van der Waals surface area contributed by atoms with Crippen LogP contribution in [0.4, 0.5) is 5.69 Å². The van der Waals surface area contributed by atoms with E-state index in [-0.39, 0.29) is 17.7 Å². The number of para-hydroxylation sites is 1. The number of carbonyl (C=O) groups is 3. The van der Waals surface area contributed by atoms with Crippen molar-refractivity contribution in [2.24, 2.45) is 5.92 Å². The lowest BCUT2D eigenvalue weighted by Crippen LogP contribution is -2.55. The molecule has 2 unspecified atom stereocenters. The van der Waals surface area contributed by atoms with E-state index in [0.717, 1.165) is 16.7 Å². The van der Waals surface area contributed by atoms with Crippen LogP contribution in [0.25, 0.3) is 11.1 Å². The second-order valence-electron chi connectivity index (χ2n) is 7.89. The molecule has 2 aromatic rings. The molecule has 30 heavy (non-hydrogen) atoms. The van der Waals surface area contributed by atoms with Gasteiger partial charge in [0.05, 0.1) is 16.9 Å². The molecule has 0 aliphatic carbocycles. The minimum absolute atomic E-state index is 0.0296. The van der Waals surface area contributed by atoms with Gasteiger partial charge in [-0.2, -0.15) is 12.6 Å². The number of thiol groups is 1. The Morgan fingerprint density at radius 1 is 0.967 bits per heavy atom. The Bertz CT molecular complexity index is 976. The average Bonchev–Trinajstić information content (AvgIpc) is 2.83. The molecule has 1 aliphatic rings. The molecule has 1 heterocycles. The quantitative estimate of drug-likeness (QED) is 0.643. The number of hydrazine groups is 1. The van der Waals surface area contributed by atoms with Gasteiger partial charge in [0.1, 0.15) is 6.04 Å². The monoisotopic (exact) mass is 425 g/mol. The van der Waals surface area contributed by atoms with Crippen LogP contribution in [0, 0.1) is 5.92 Å². The maximum atomic E-state index is 13.3. The van der Waals surface area contributed by atoms with Crippen molar-refractivity contribution in [2.45, 2.75) is 44.9 Å². The van der Waals surface area contributed by atoms with Gasteiger partial charge in [0.25, 0.3) is 11.8 Å². The van der Waals surface area contributed by atoms with Crippen molar-refractivity contribution in [3.05, 3.63) is 54.1 Å². The van der Waals surface area contributed by atoms with E-state index in [1.807, 2.05) is 63.2 Å². The predicted molar refractivity (Wildman–Crippen MR) is 121 cm³/mol. The van der Waals surface area contributed by atoms with E-state index in [2.05, 4.69) is 23.4 Å². The third-order valence-corrected chi connectivity index (χ3v) is 6.16. The SMILES string of the molecule is CC1C(=O)N(NC(=O)[C@H](C)NC(=O)C(S)C(C)C)c2ccccc2-c2ccccc21. The Balaban J connectivity index is 1.88. The van der Waals surface area contributed by atoms with Gasteiger partial charge in [0.2, 0.25) is 5.91 Å². The molecule has 158 valence electrons. The van der Waals surface area contributed by atoms with Crippen LogP contribution in [0.1, 0.15) is 39.2 Å². The van der Waals surface area contributed by atoms with Crippen molar-refractivity contribution in [3.63, 3.8) is 0 Å². The number of rotatable bonds is 5. The highest BCUT2D eigenvalue weighted by atomic mass is 32.1. The highest BCUT2D eigenvalue weighted by Gasteiger charge is 2.33. The number of carbonyl (C=O) groups excluding carboxylic acids is 3. The number of nitrogens with zero attached hydrogens (tertiary/aromatic N) is 1. The van der Waals surface area contributed by atoms with Gasteiger partial charge < -0.3 is 5.32 Å². The molecule has 0 fully saturated rings. The first-order valence-electron chi connectivity index (χ1n) is 10.0. The zero-order chi connectivity index (χ0) is 22.0. The molecule has 7 heteroatoms. The number of anilines is 1. The van der Waals surface area contributed by atoms with E-state index >= 15 is 0 Å². The molecule has 0 spiro atoms. The number of hydrogen-bond donors (Lipinski definition) is 3. The zero-order valence-electron chi connectivity index (χ0n) is 17.5. The van der Waals surface area contributed by atoms with E-state index in [1.165, 1.54) is 5.01 Å². The van der Waals surface area contributed by atoms with Gasteiger partial charge in [-0.3, -0.25) is 19.8 Å². The van der Waals surface area contributed by atoms with Crippen LogP contribution < -0.4 is 15.8 Å². The average molecular weight is 426 g/mol. The summed E-state index contributed by atoms with van der Waals surface area (Å²) in [6, 6.07) is 14.4. The van der Waals surface area contributed by atoms with Gasteiger partial charge in [-0.1, -0.05) is 56.3 Å². The summed E-state index contributed by atoms with van der Waals surface area (Å²) in [6.07, 6.45) is 0. The second-order valence-corrected chi connectivity index (χ2v) is 8.45. The summed E-state index contributed by atoms with van der Waals surface area (Å²) in [5.41, 5.74) is 6.03. The number of nitrogens with one attached hydrogen (secondary N) is 2. The lowest BCUT2D eigenvalue weighted by molar-refractivity contribution is -0.130. The summed E-state index contributed by atoms with van der Waals surface area (Å²) < 4.78 is 0. The molecule has 3 atom stereocenters. The van der Waals surface area contributed by atoms with Crippen molar-refractivity contribution >= 4 is 36.0 Å². The summed E-state index contributed by atoms with van der Waals surface area (Å²) in [7, 11) is 0. The fourth-order valence-corrected chi connectivity index (χ4v) is 3.53. The minimum Gasteiger partial charge on any atom is -0.344 e. The van der Waals surface area contributed by atoms with Gasteiger partial charge in [-0.25, -0.2) is 5.01 Å². The van der Waals surface area contributed by atoms with Crippen LogP contribution in [0.3, 0.4) is 0 Å². The summed E-state index contributed by atoms with van der Waals surface area (Å²) in [4.78, 5) is 38.4. The number of fused-ring (bicyclic) bond motifs is 3. The molecule has 3 rings (SSSR count). The van der Waals surface area contributed by atoms with Crippen LogP contribution in [0.5, 0.6) is 0 Å². The van der Waals surface area contributed by atoms with Gasteiger partial charge >= 0.3 is 0 Å². The lowest BCUT2D eigenvalue weighted by Gasteiger charge is -2.27. The molecule has 0 saturated heterocycles. The predicted octanol–water partition coefficient (Wildman–Crippen LogP) is 3.29. The van der Waals surface area contributed by atoms with E-state index in [9.17, 15) is 14.4 Å². The summed E-state index contributed by atoms with van der Waals surface area (Å²) in [5, 5.41) is 3.45. The smallest absolute Gasteiger partial charge is 0.261 e. The van der Waals surface area contributed by atoms with Gasteiger partial charge in [0, 0.05) is 5.56 Å². The number of amides is 3. The molecule has 1 aliphatic heterocycles. The van der Waals surface area contributed by atoms with Crippen LogP contribution in [0.2, 0.25) is 0 Å². The van der Waals surface area contributed by atoms with E-state index < -0.39 is 23.1 Å². The number of hydrogen-bond acceptors (Lipinski definition) is 4. The van der Waals surface area contributed by atoms with Crippen molar-refractivity contribution in [1.82, 2.24) is 10.7 Å². The van der Waals surface area contributed by atoms with Crippen molar-refractivity contribution in [2.75, 3.05) is 5.01 Å². The highest BCUT2D eigenvalue weighted by molar-refractivity contribution is 7.81. The molecule has 0 saturated carbocycles. The van der Waals surface area contributed by atoms with Crippen LogP contribution in [0.15, 0.2) is 48.5 Å². The van der Waals surface area contributed by atoms with Crippen molar-refractivity contribution in [3.8, 4) is 11.1 Å². The van der Waals surface area contributed by atoms with Crippen LogP contribution in [-0.4, -0.2) is 29.0 Å². The minimum atomic E-state index is -0.827. The fraction of sp³-hybridized carbons (Fsp3) is 0.348. The van der Waals surface area contributed by atoms with Crippen molar-refractivity contribution < 1.29 is 14.4 Å². The lowest BCUT2D eigenvalue weighted by atomic mass is 9.92. The molecule has 0 radical (unpaired) electrons. The third-order valence-electron chi connectivity index (χ3n) is 5.33. The Hall–Kier alpha value is -2.80. The Kier molecular flexibility index (Phi) is 6.51. The Labute approximate surface area is 182 Å². The van der Waals surface area contributed by atoms with Crippen LogP contribution >= 0.6 is 12.6 Å². The maximum absolute atomic E-state index is 13.3. The standard InChI is InChI=1S/C23H27N3O3S/c1-13(2)20(30)22(28)24-15(4)21(27)25-26-19-12-8-7-11-18(19)17-10-6-5-9-16(17)14(3)23(26)29/h5-15,20,30H,1-4H3,(H,24,28)(H,25,27)/t14?,15-,20?/m0/s1. The molecular weight excluding hydrogens is 398 g/mol. The normalized spacial score (nSPS) is 17.5. The molecule has 3 amide bonds. The summed E-state index contributed by atoms with van der Waals surface area (Å²) in [5.74, 6) is -1.45. The molecule has 0 bridgehead atoms. The largest absolute Gasteiger partial charge is 0.344 e. The molecular formula is C23H27N3O3S. The highest BCUT2D eigenvalue weighted by Crippen LogP contribution is 2.39. The van der Waals surface area contributed by atoms with Gasteiger partial charge in [0.15, 0.2) is 0 Å². The van der Waals surface area contributed by atoms with E-state index in [0.29, 0.717) is 5.69 Å². The first-order valence-corrected chi connectivity index (χ1v) is 10.5. The van der Waals surface area contributed by atoms with E-state index in [1.54, 1.807) is 13.0 Å². The third kappa shape index (κ3) is 4.21. The summed E-state index contributed by atoms with van der Waals surface area (Å²) >= 11 is 4.29.